The summed E-state index contributed by atoms with van der Waals surface area (Å²) in [6.45, 7) is 6.16. The van der Waals surface area contributed by atoms with Crippen LogP contribution in [-0.4, -0.2) is 11.2 Å². The molecule has 2 heteroatoms. The van der Waals surface area contributed by atoms with Gasteiger partial charge >= 0.3 is 0 Å². The van der Waals surface area contributed by atoms with Gasteiger partial charge in [-0.25, -0.2) is 0 Å². The Balaban J connectivity index is 2.85. The molecule has 0 heterocycles. The Labute approximate surface area is 92.1 Å². The molecule has 0 saturated carbocycles. The number of hydrogen-bond donors (Lipinski definition) is 2. The highest BCUT2D eigenvalue weighted by Crippen LogP contribution is 2.20. The summed E-state index contributed by atoms with van der Waals surface area (Å²) in [5, 5.41) is 9.83. The first-order valence-electron chi connectivity index (χ1n) is 5.56. The van der Waals surface area contributed by atoms with Crippen LogP contribution in [0.25, 0.3) is 0 Å². The first-order valence-corrected chi connectivity index (χ1v) is 5.56. The lowest BCUT2D eigenvalue weighted by molar-refractivity contribution is 0.134. The molecule has 1 aromatic carbocycles. The number of benzene rings is 1. The number of aryl methyl sites for hydroxylation is 2. The minimum Gasteiger partial charge on any atom is -0.391 e. The molecule has 0 bridgehead atoms. The molecule has 0 aliphatic carbocycles. The molecule has 0 spiro atoms. The number of aliphatic hydroxyl groups excluding tert-OH is 1. The minimum atomic E-state index is -0.434. The molecule has 0 radical (unpaired) electrons. The van der Waals surface area contributed by atoms with Crippen molar-refractivity contribution in [1.82, 2.24) is 0 Å². The van der Waals surface area contributed by atoms with Gasteiger partial charge in [-0.2, -0.15) is 0 Å². The minimum absolute atomic E-state index is 0.261. The molecule has 0 aliphatic heterocycles. The van der Waals surface area contributed by atoms with Gasteiger partial charge in [-0.3, -0.25) is 0 Å². The highest BCUT2D eigenvalue weighted by atomic mass is 16.3. The lowest BCUT2D eigenvalue weighted by Crippen LogP contribution is -2.26. The van der Waals surface area contributed by atoms with Crippen molar-refractivity contribution in [2.75, 3.05) is 0 Å². The largest absolute Gasteiger partial charge is 0.391 e. The van der Waals surface area contributed by atoms with Crippen molar-refractivity contribution < 1.29 is 5.11 Å². The molecule has 0 aromatic heterocycles. The maximum absolute atomic E-state index is 9.83. The first kappa shape index (κ1) is 12.2. The molecule has 1 rings (SSSR count). The van der Waals surface area contributed by atoms with Gasteiger partial charge in [0.25, 0.3) is 0 Å². The van der Waals surface area contributed by atoms with E-state index in [1.54, 1.807) is 0 Å². The third-order valence-corrected chi connectivity index (χ3v) is 2.63. The third-order valence-electron chi connectivity index (χ3n) is 2.63. The van der Waals surface area contributed by atoms with E-state index in [9.17, 15) is 5.11 Å². The van der Waals surface area contributed by atoms with Crippen molar-refractivity contribution in [3.63, 3.8) is 0 Å². The molecule has 3 N–H and O–H groups in total. The van der Waals surface area contributed by atoms with E-state index in [0.29, 0.717) is 0 Å². The van der Waals surface area contributed by atoms with Crippen molar-refractivity contribution in [2.45, 2.75) is 45.8 Å². The lowest BCUT2D eigenvalue weighted by atomic mass is 9.96. The summed E-state index contributed by atoms with van der Waals surface area (Å²) in [5.41, 5.74) is 9.44. The summed E-state index contributed by atoms with van der Waals surface area (Å²) >= 11 is 0. The van der Waals surface area contributed by atoms with Crippen LogP contribution in [-0.2, 0) is 0 Å². The van der Waals surface area contributed by atoms with Crippen molar-refractivity contribution >= 4 is 0 Å². The quantitative estimate of drug-likeness (QED) is 0.796. The zero-order chi connectivity index (χ0) is 11.4. The average molecular weight is 207 g/mol. The van der Waals surface area contributed by atoms with Crippen LogP contribution in [0.4, 0.5) is 0 Å². The zero-order valence-corrected chi connectivity index (χ0v) is 9.83. The van der Waals surface area contributed by atoms with Crippen LogP contribution in [0.15, 0.2) is 18.2 Å². The van der Waals surface area contributed by atoms with Crippen molar-refractivity contribution in [3.8, 4) is 0 Å². The second-order valence-corrected chi connectivity index (χ2v) is 4.30. The van der Waals surface area contributed by atoms with Gasteiger partial charge in [0.15, 0.2) is 0 Å². The second-order valence-electron chi connectivity index (χ2n) is 4.30. The second kappa shape index (κ2) is 5.29. The molecule has 0 saturated heterocycles. The Bertz CT molecular complexity index is 302. The van der Waals surface area contributed by atoms with Crippen molar-refractivity contribution in [2.24, 2.45) is 5.73 Å². The third kappa shape index (κ3) is 3.33. The maximum atomic E-state index is 9.83. The highest BCUT2D eigenvalue weighted by molar-refractivity contribution is 5.31. The Hall–Kier alpha value is -0.860. The number of aliphatic hydroxyl groups is 1. The summed E-state index contributed by atoms with van der Waals surface area (Å²) in [5.74, 6) is 0. The molecule has 2 atom stereocenters. The smallest absolute Gasteiger partial charge is 0.0732 e. The van der Waals surface area contributed by atoms with Crippen LogP contribution in [0.5, 0.6) is 0 Å². The number of nitrogens with two attached hydrogens (primary N) is 1. The van der Waals surface area contributed by atoms with Gasteiger partial charge in [0.05, 0.1) is 12.1 Å². The molecule has 84 valence electrons. The van der Waals surface area contributed by atoms with Gasteiger partial charge in [0.2, 0.25) is 0 Å². The molecular formula is C13H21NO. The lowest BCUT2D eigenvalue weighted by Gasteiger charge is -2.19. The van der Waals surface area contributed by atoms with Gasteiger partial charge in [-0.15, -0.1) is 0 Å². The van der Waals surface area contributed by atoms with Crippen LogP contribution >= 0.6 is 0 Å². The summed E-state index contributed by atoms with van der Waals surface area (Å²) < 4.78 is 0. The number of rotatable bonds is 4. The Morgan fingerprint density at radius 3 is 2.20 bits per heavy atom. The van der Waals surface area contributed by atoms with E-state index in [0.717, 1.165) is 18.4 Å². The van der Waals surface area contributed by atoms with Gasteiger partial charge in [0, 0.05) is 0 Å². The first-order chi connectivity index (χ1) is 7.04. The predicted octanol–water partition coefficient (Wildman–Crippen LogP) is 2.46. The summed E-state index contributed by atoms with van der Waals surface area (Å²) in [6.07, 6.45) is 1.28. The molecule has 0 amide bonds. The Morgan fingerprint density at radius 1 is 1.20 bits per heavy atom. The van der Waals surface area contributed by atoms with E-state index in [2.05, 4.69) is 39.0 Å². The average Bonchev–Trinajstić information content (AvgIpc) is 2.15. The molecule has 0 unspecified atom stereocenters. The fraction of sp³-hybridized carbons (Fsp3) is 0.538. The van der Waals surface area contributed by atoms with Crippen LogP contribution in [0, 0.1) is 13.8 Å². The van der Waals surface area contributed by atoms with Crippen molar-refractivity contribution in [1.29, 1.82) is 0 Å². The van der Waals surface area contributed by atoms with E-state index in [1.165, 1.54) is 11.1 Å². The predicted molar refractivity (Wildman–Crippen MR) is 63.8 cm³/mol. The monoisotopic (exact) mass is 207 g/mol. The fourth-order valence-corrected chi connectivity index (χ4v) is 1.90. The van der Waals surface area contributed by atoms with Gasteiger partial charge in [-0.05, 0) is 25.8 Å². The maximum Gasteiger partial charge on any atom is 0.0732 e. The zero-order valence-electron chi connectivity index (χ0n) is 9.83. The van der Waals surface area contributed by atoms with E-state index in [1.807, 2.05) is 0 Å². The van der Waals surface area contributed by atoms with Crippen LogP contribution in [0.1, 0.15) is 42.5 Å². The van der Waals surface area contributed by atoms with E-state index < -0.39 is 6.10 Å². The molecule has 0 fully saturated rings. The molecule has 0 aliphatic rings. The summed E-state index contributed by atoms with van der Waals surface area (Å²) in [4.78, 5) is 0. The van der Waals surface area contributed by atoms with Crippen molar-refractivity contribution in [3.05, 3.63) is 34.9 Å². The summed E-state index contributed by atoms with van der Waals surface area (Å²) in [6, 6.07) is 5.96. The topological polar surface area (TPSA) is 46.2 Å². The van der Waals surface area contributed by atoms with Gasteiger partial charge in [-0.1, -0.05) is 42.7 Å². The molecule has 1 aromatic rings. The Morgan fingerprint density at radius 2 is 1.73 bits per heavy atom. The molecule has 2 nitrogen and oxygen atoms in total. The molecule has 15 heavy (non-hydrogen) atoms. The van der Waals surface area contributed by atoms with Crippen LogP contribution < -0.4 is 5.73 Å². The highest BCUT2D eigenvalue weighted by Gasteiger charge is 2.16. The number of hydrogen-bond acceptors (Lipinski definition) is 2. The van der Waals surface area contributed by atoms with Gasteiger partial charge in [0.1, 0.15) is 0 Å². The van der Waals surface area contributed by atoms with E-state index >= 15 is 0 Å². The fourth-order valence-electron chi connectivity index (χ4n) is 1.90. The van der Waals surface area contributed by atoms with Crippen LogP contribution in [0.2, 0.25) is 0 Å². The molecular weight excluding hydrogens is 186 g/mol. The summed E-state index contributed by atoms with van der Waals surface area (Å²) in [7, 11) is 0. The van der Waals surface area contributed by atoms with Gasteiger partial charge < -0.3 is 10.8 Å². The van der Waals surface area contributed by atoms with E-state index in [4.69, 9.17) is 5.73 Å². The normalized spacial score (nSPS) is 15.0. The standard InChI is InChI=1S/C13H21NO/c1-4-5-12(15)13(14)11-7-9(2)6-10(3)8-11/h6-8,12-13,15H,4-5,14H2,1-3H3/t12-,13+/m0/s1. The van der Waals surface area contributed by atoms with Crippen LogP contribution in [0.3, 0.4) is 0 Å². The Kier molecular flexibility index (Phi) is 4.30. The SMILES string of the molecule is CCC[C@H](O)[C@H](N)c1cc(C)cc(C)c1. The van der Waals surface area contributed by atoms with E-state index in [-0.39, 0.29) is 6.04 Å².